The number of hydrogen-bond acceptors (Lipinski definition) is 3. The molecule has 7 heteroatoms. The Balaban J connectivity index is 1.89. The van der Waals surface area contributed by atoms with Crippen molar-refractivity contribution in [2.75, 3.05) is 11.9 Å². The van der Waals surface area contributed by atoms with E-state index in [0.717, 1.165) is 0 Å². The summed E-state index contributed by atoms with van der Waals surface area (Å²) >= 11 is 0. The highest BCUT2D eigenvalue weighted by molar-refractivity contribution is 6.08. The van der Waals surface area contributed by atoms with E-state index in [-0.39, 0.29) is 11.4 Å². The van der Waals surface area contributed by atoms with Crippen LogP contribution in [0, 0.1) is 0 Å². The summed E-state index contributed by atoms with van der Waals surface area (Å²) in [6, 6.07) is 10.7. The maximum Gasteiger partial charge on any atom is 0.422 e. The minimum absolute atomic E-state index is 0.00840. The lowest BCUT2D eigenvalue weighted by molar-refractivity contribution is -0.153. The van der Waals surface area contributed by atoms with Crippen molar-refractivity contribution in [2.24, 2.45) is 0 Å². The lowest BCUT2D eigenvalue weighted by Gasteiger charge is -2.12. The first-order chi connectivity index (χ1) is 10.4. The molecule has 1 aliphatic rings. The Morgan fingerprint density at radius 2 is 1.86 bits per heavy atom. The average Bonchev–Trinajstić information content (AvgIpc) is 2.60. The molecule has 114 valence electrons. The van der Waals surface area contributed by atoms with Crippen LogP contribution in [-0.2, 0) is 0 Å². The van der Waals surface area contributed by atoms with Crippen molar-refractivity contribution in [3.63, 3.8) is 0 Å². The summed E-state index contributed by atoms with van der Waals surface area (Å²) in [7, 11) is 0. The number of fused-ring (bicyclic) bond motifs is 2. The van der Waals surface area contributed by atoms with Gasteiger partial charge in [-0.25, -0.2) is 0 Å². The van der Waals surface area contributed by atoms with Crippen molar-refractivity contribution in [3.8, 4) is 17.2 Å². The Bertz CT molecular complexity index is 728. The highest BCUT2D eigenvalue weighted by atomic mass is 19.4. The predicted octanol–water partition coefficient (Wildman–Crippen LogP) is 3.99. The minimum atomic E-state index is -4.43. The highest BCUT2D eigenvalue weighted by Crippen LogP contribution is 2.37. The Kier molecular flexibility index (Phi) is 3.40. The molecule has 0 radical (unpaired) electrons. The number of rotatable bonds is 2. The van der Waals surface area contributed by atoms with E-state index < -0.39 is 18.7 Å². The third-order valence-electron chi connectivity index (χ3n) is 2.95. The van der Waals surface area contributed by atoms with E-state index in [4.69, 9.17) is 4.74 Å². The topological polar surface area (TPSA) is 47.6 Å². The van der Waals surface area contributed by atoms with Gasteiger partial charge in [0.2, 0.25) is 0 Å². The number of amides is 1. The Morgan fingerprint density at radius 3 is 2.64 bits per heavy atom. The molecule has 22 heavy (non-hydrogen) atoms. The van der Waals surface area contributed by atoms with Gasteiger partial charge in [0.05, 0.1) is 11.3 Å². The Labute approximate surface area is 123 Å². The average molecular weight is 309 g/mol. The van der Waals surface area contributed by atoms with Gasteiger partial charge in [0, 0.05) is 6.07 Å². The number of carbonyl (C=O) groups excluding carboxylic acids is 1. The fourth-order valence-electron chi connectivity index (χ4n) is 2.00. The third-order valence-corrected chi connectivity index (χ3v) is 2.95. The molecule has 0 spiro atoms. The fourth-order valence-corrected chi connectivity index (χ4v) is 2.00. The largest absolute Gasteiger partial charge is 0.484 e. The van der Waals surface area contributed by atoms with E-state index in [0.29, 0.717) is 17.1 Å². The highest BCUT2D eigenvalue weighted by Gasteiger charge is 2.28. The normalized spacial score (nSPS) is 13.3. The van der Waals surface area contributed by atoms with Crippen LogP contribution in [0.4, 0.5) is 18.9 Å². The lowest BCUT2D eigenvalue weighted by Crippen LogP contribution is -2.19. The summed E-state index contributed by atoms with van der Waals surface area (Å²) in [5.74, 6) is 0.300. The Hall–Kier alpha value is -2.70. The van der Waals surface area contributed by atoms with Gasteiger partial charge < -0.3 is 14.8 Å². The number of anilines is 1. The monoisotopic (exact) mass is 309 g/mol. The molecule has 0 atom stereocenters. The quantitative estimate of drug-likeness (QED) is 0.912. The van der Waals surface area contributed by atoms with Gasteiger partial charge in [0.25, 0.3) is 5.91 Å². The van der Waals surface area contributed by atoms with Crippen LogP contribution in [-0.4, -0.2) is 18.7 Å². The van der Waals surface area contributed by atoms with Crippen molar-refractivity contribution in [1.82, 2.24) is 0 Å². The molecule has 0 aliphatic carbocycles. The number of benzene rings is 2. The van der Waals surface area contributed by atoms with Crippen LogP contribution in [0.5, 0.6) is 17.2 Å². The SMILES string of the molecule is O=C1Nc2cc(OCC(F)(F)F)ccc2Oc2ccccc21. The lowest BCUT2D eigenvalue weighted by atomic mass is 10.2. The van der Waals surface area contributed by atoms with Crippen molar-refractivity contribution in [3.05, 3.63) is 48.0 Å². The van der Waals surface area contributed by atoms with E-state index in [1.165, 1.54) is 18.2 Å². The molecule has 0 aromatic heterocycles. The van der Waals surface area contributed by atoms with Crippen LogP contribution in [0.3, 0.4) is 0 Å². The summed E-state index contributed by atoms with van der Waals surface area (Å²) in [5, 5.41) is 2.59. The van der Waals surface area contributed by atoms with Crippen molar-refractivity contribution in [2.45, 2.75) is 6.18 Å². The zero-order chi connectivity index (χ0) is 15.7. The van der Waals surface area contributed by atoms with Gasteiger partial charge in [0.15, 0.2) is 12.4 Å². The van der Waals surface area contributed by atoms with Gasteiger partial charge in [-0.05, 0) is 24.3 Å². The summed E-state index contributed by atoms with van der Waals surface area (Å²) < 4.78 is 46.8. The number of carbonyl (C=O) groups is 1. The second kappa shape index (κ2) is 5.25. The van der Waals surface area contributed by atoms with Crippen molar-refractivity contribution in [1.29, 1.82) is 0 Å². The number of ether oxygens (including phenoxy) is 2. The molecular formula is C15H10F3NO3. The van der Waals surface area contributed by atoms with Crippen LogP contribution >= 0.6 is 0 Å². The maximum absolute atomic E-state index is 12.2. The molecule has 0 bridgehead atoms. The molecule has 1 heterocycles. The second-order valence-corrected chi connectivity index (χ2v) is 4.61. The number of halogens is 3. The fraction of sp³-hybridized carbons (Fsp3) is 0.133. The van der Waals surface area contributed by atoms with Gasteiger partial charge in [-0.3, -0.25) is 4.79 Å². The standard InChI is InChI=1S/C15H10F3NO3/c16-15(17,18)8-21-9-5-6-13-11(7-9)19-14(20)10-3-1-2-4-12(10)22-13/h1-7H,8H2,(H,19,20). The number of hydrogen-bond donors (Lipinski definition) is 1. The molecule has 0 saturated heterocycles. The van der Waals surface area contributed by atoms with E-state index in [1.807, 2.05) is 0 Å². The zero-order valence-electron chi connectivity index (χ0n) is 11.1. The predicted molar refractivity (Wildman–Crippen MR) is 72.5 cm³/mol. The summed E-state index contributed by atoms with van der Waals surface area (Å²) in [6.07, 6.45) is -4.43. The minimum Gasteiger partial charge on any atom is -0.484 e. The first-order valence-corrected chi connectivity index (χ1v) is 6.34. The van der Waals surface area contributed by atoms with E-state index in [9.17, 15) is 18.0 Å². The van der Waals surface area contributed by atoms with Gasteiger partial charge in [-0.2, -0.15) is 13.2 Å². The Morgan fingerprint density at radius 1 is 1.09 bits per heavy atom. The molecule has 3 rings (SSSR count). The zero-order valence-corrected chi connectivity index (χ0v) is 11.1. The van der Waals surface area contributed by atoms with Crippen LogP contribution in [0.25, 0.3) is 0 Å². The maximum atomic E-state index is 12.2. The van der Waals surface area contributed by atoms with Crippen molar-refractivity contribution < 1.29 is 27.4 Å². The van der Waals surface area contributed by atoms with Crippen molar-refractivity contribution >= 4 is 11.6 Å². The van der Waals surface area contributed by atoms with Gasteiger partial charge in [0.1, 0.15) is 11.5 Å². The molecule has 0 saturated carbocycles. The van der Waals surface area contributed by atoms with Crippen LogP contribution in [0.2, 0.25) is 0 Å². The number of para-hydroxylation sites is 1. The molecule has 2 aromatic rings. The molecule has 4 nitrogen and oxygen atoms in total. The van der Waals surface area contributed by atoms with E-state index >= 15 is 0 Å². The second-order valence-electron chi connectivity index (χ2n) is 4.61. The molecule has 0 unspecified atom stereocenters. The molecule has 1 N–H and O–H groups in total. The van der Waals surface area contributed by atoms with Gasteiger partial charge in [-0.15, -0.1) is 0 Å². The van der Waals surface area contributed by atoms with E-state index in [2.05, 4.69) is 10.1 Å². The smallest absolute Gasteiger partial charge is 0.422 e. The molecule has 0 fully saturated rings. The summed E-state index contributed by atoms with van der Waals surface area (Å²) in [4.78, 5) is 12.1. The first-order valence-electron chi connectivity index (χ1n) is 6.34. The number of alkyl halides is 3. The first kappa shape index (κ1) is 14.2. The third kappa shape index (κ3) is 2.98. The van der Waals surface area contributed by atoms with Crippen LogP contribution < -0.4 is 14.8 Å². The number of nitrogens with one attached hydrogen (secondary N) is 1. The van der Waals surface area contributed by atoms with Gasteiger partial charge in [-0.1, -0.05) is 12.1 Å². The van der Waals surface area contributed by atoms with Crippen LogP contribution in [0.15, 0.2) is 42.5 Å². The van der Waals surface area contributed by atoms with Crippen LogP contribution in [0.1, 0.15) is 10.4 Å². The summed E-state index contributed by atoms with van der Waals surface area (Å²) in [5.41, 5.74) is 0.595. The van der Waals surface area contributed by atoms with E-state index in [1.54, 1.807) is 24.3 Å². The van der Waals surface area contributed by atoms with Gasteiger partial charge >= 0.3 is 6.18 Å². The molecule has 1 amide bonds. The molecule has 1 aliphatic heterocycles. The summed E-state index contributed by atoms with van der Waals surface area (Å²) in [6.45, 7) is -1.40. The molecular weight excluding hydrogens is 299 g/mol. The molecule has 2 aromatic carbocycles.